The second kappa shape index (κ2) is 3.34. The van der Waals surface area contributed by atoms with Crippen molar-refractivity contribution in [2.75, 3.05) is 0 Å². The third-order valence-corrected chi connectivity index (χ3v) is 1.62. The Morgan fingerprint density at radius 1 is 1.60 bits per heavy atom. The fraction of sp³-hybridized carbons (Fsp3) is 0.500. The minimum absolute atomic E-state index is 0.00750. The van der Waals surface area contributed by atoms with E-state index in [1.165, 1.54) is 17.9 Å². The van der Waals surface area contributed by atoms with E-state index in [0.29, 0.717) is 0 Å². The number of hydrogen-bond acceptors (Lipinski definition) is 2. The highest BCUT2D eigenvalue weighted by Gasteiger charge is 2.24. The van der Waals surface area contributed by atoms with Gasteiger partial charge in [0.2, 0.25) is 0 Å². The van der Waals surface area contributed by atoms with Crippen LogP contribution in [0.2, 0.25) is 0 Å². The molecule has 0 amide bonds. The fourth-order valence-electron chi connectivity index (χ4n) is 0.442. The summed E-state index contributed by atoms with van der Waals surface area (Å²) in [5.74, 6) is -1.08. The molecular formula is C6H9IO3. The lowest BCUT2D eigenvalue weighted by atomic mass is 10.0. The van der Waals surface area contributed by atoms with Gasteiger partial charge in [-0.15, -0.1) is 0 Å². The van der Waals surface area contributed by atoms with Crippen molar-refractivity contribution in [2.24, 2.45) is 0 Å². The second-order valence-corrected chi connectivity index (χ2v) is 3.01. The van der Waals surface area contributed by atoms with E-state index in [1.807, 2.05) is 0 Å². The zero-order valence-electron chi connectivity index (χ0n) is 5.76. The Bertz CT molecular complexity index is 166. The van der Waals surface area contributed by atoms with Crippen LogP contribution in [-0.2, 0) is 4.79 Å². The van der Waals surface area contributed by atoms with Crippen molar-refractivity contribution in [1.82, 2.24) is 0 Å². The molecule has 0 spiro atoms. The molecule has 0 aromatic rings. The van der Waals surface area contributed by atoms with E-state index in [-0.39, 0.29) is 5.57 Å². The Morgan fingerprint density at radius 2 is 2.00 bits per heavy atom. The number of aliphatic carboxylic acids is 1. The molecule has 0 fully saturated rings. The fourth-order valence-corrected chi connectivity index (χ4v) is 1.47. The van der Waals surface area contributed by atoms with Gasteiger partial charge in [-0.1, -0.05) is 22.6 Å². The van der Waals surface area contributed by atoms with Gasteiger partial charge in [-0.2, -0.15) is 0 Å². The van der Waals surface area contributed by atoms with Crippen molar-refractivity contribution in [3.63, 3.8) is 0 Å². The summed E-state index contributed by atoms with van der Waals surface area (Å²) in [6.07, 6.45) is 0. The number of carboxylic acid groups (broad SMARTS) is 1. The third-order valence-electron chi connectivity index (χ3n) is 0.999. The van der Waals surface area contributed by atoms with Gasteiger partial charge in [-0.05, 0) is 17.9 Å². The van der Waals surface area contributed by atoms with Crippen LogP contribution >= 0.6 is 22.6 Å². The topological polar surface area (TPSA) is 57.5 Å². The van der Waals surface area contributed by atoms with E-state index in [2.05, 4.69) is 0 Å². The van der Waals surface area contributed by atoms with Gasteiger partial charge in [0.1, 0.15) is 0 Å². The molecule has 0 rings (SSSR count). The SMILES string of the molecule is CC(C)(O)/C(=C/I)C(=O)O. The van der Waals surface area contributed by atoms with Gasteiger partial charge in [0.25, 0.3) is 0 Å². The molecule has 2 N–H and O–H groups in total. The standard InChI is InChI=1S/C6H9IO3/c1-6(2,10)4(3-7)5(8)9/h3,10H,1-2H3,(H,8,9)/b4-3+. The number of rotatable bonds is 2. The van der Waals surface area contributed by atoms with Gasteiger partial charge in [-0.3, -0.25) is 0 Å². The van der Waals surface area contributed by atoms with Gasteiger partial charge in [0.05, 0.1) is 11.2 Å². The lowest BCUT2D eigenvalue weighted by Crippen LogP contribution is -2.26. The van der Waals surface area contributed by atoms with Gasteiger partial charge in [-0.25, -0.2) is 4.79 Å². The molecule has 0 heterocycles. The quantitative estimate of drug-likeness (QED) is 0.575. The van der Waals surface area contributed by atoms with Gasteiger partial charge < -0.3 is 10.2 Å². The van der Waals surface area contributed by atoms with E-state index in [4.69, 9.17) is 5.11 Å². The average molecular weight is 256 g/mol. The normalized spacial score (nSPS) is 13.4. The van der Waals surface area contributed by atoms with E-state index in [1.54, 1.807) is 22.6 Å². The van der Waals surface area contributed by atoms with Crippen LogP contribution in [0, 0.1) is 0 Å². The van der Waals surface area contributed by atoms with E-state index in [0.717, 1.165) is 0 Å². The predicted octanol–water partition coefficient (Wildman–Crippen LogP) is 1.16. The maximum atomic E-state index is 10.3. The Kier molecular flexibility index (Phi) is 3.30. The van der Waals surface area contributed by atoms with Crippen LogP contribution in [0.4, 0.5) is 0 Å². The largest absolute Gasteiger partial charge is 0.478 e. The minimum atomic E-state index is -1.26. The maximum absolute atomic E-state index is 10.3. The van der Waals surface area contributed by atoms with Crippen LogP contribution in [0.25, 0.3) is 0 Å². The van der Waals surface area contributed by atoms with Crippen molar-refractivity contribution in [2.45, 2.75) is 19.4 Å². The first-order valence-electron chi connectivity index (χ1n) is 2.66. The molecule has 0 atom stereocenters. The lowest BCUT2D eigenvalue weighted by Gasteiger charge is -2.16. The zero-order valence-corrected chi connectivity index (χ0v) is 7.92. The van der Waals surface area contributed by atoms with Crippen LogP contribution < -0.4 is 0 Å². The Balaban J connectivity index is 4.56. The molecule has 10 heavy (non-hydrogen) atoms. The van der Waals surface area contributed by atoms with Gasteiger partial charge in [0.15, 0.2) is 0 Å². The van der Waals surface area contributed by atoms with Crippen molar-refractivity contribution < 1.29 is 15.0 Å². The molecule has 0 aliphatic rings. The summed E-state index contributed by atoms with van der Waals surface area (Å²) >= 11 is 1.79. The number of aliphatic hydroxyl groups is 1. The summed E-state index contributed by atoms with van der Waals surface area (Å²) in [7, 11) is 0. The Hall–Kier alpha value is -0.100. The van der Waals surface area contributed by atoms with E-state index in [9.17, 15) is 9.90 Å². The highest BCUT2D eigenvalue weighted by Crippen LogP contribution is 2.16. The van der Waals surface area contributed by atoms with Gasteiger partial charge in [0, 0.05) is 0 Å². The summed E-state index contributed by atoms with van der Waals surface area (Å²) < 4.78 is 1.36. The maximum Gasteiger partial charge on any atom is 0.334 e. The molecular weight excluding hydrogens is 247 g/mol. The van der Waals surface area contributed by atoms with Crippen molar-refractivity contribution in [3.8, 4) is 0 Å². The second-order valence-electron chi connectivity index (χ2n) is 2.39. The summed E-state index contributed by atoms with van der Waals surface area (Å²) in [6, 6.07) is 0. The molecule has 4 heteroatoms. The first-order chi connectivity index (χ1) is 4.39. The first-order valence-corrected chi connectivity index (χ1v) is 3.90. The lowest BCUT2D eigenvalue weighted by molar-refractivity contribution is -0.134. The zero-order chi connectivity index (χ0) is 8.36. The first kappa shape index (κ1) is 9.90. The predicted molar refractivity (Wildman–Crippen MR) is 46.0 cm³/mol. The van der Waals surface area contributed by atoms with Crippen LogP contribution in [0.3, 0.4) is 0 Å². The third kappa shape index (κ3) is 2.66. The van der Waals surface area contributed by atoms with Crippen molar-refractivity contribution >= 4 is 28.6 Å². The Labute approximate surface area is 72.9 Å². The molecule has 0 saturated carbocycles. The van der Waals surface area contributed by atoms with E-state index < -0.39 is 11.6 Å². The number of carbonyl (C=O) groups is 1. The summed E-state index contributed by atoms with van der Waals surface area (Å²) in [5, 5.41) is 17.7. The van der Waals surface area contributed by atoms with Gasteiger partial charge >= 0.3 is 5.97 Å². The highest BCUT2D eigenvalue weighted by atomic mass is 127. The molecule has 0 aliphatic heterocycles. The van der Waals surface area contributed by atoms with Crippen molar-refractivity contribution in [1.29, 1.82) is 0 Å². The molecule has 3 nitrogen and oxygen atoms in total. The smallest absolute Gasteiger partial charge is 0.334 e. The van der Waals surface area contributed by atoms with E-state index >= 15 is 0 Å². The summed E-state index contributed by atoms with van der Waals surface area (Å²) in [4.78, 5) is 10.3. The average Bonchev–Trinajstić information content (AvgIpc) is 1.60. The molecule has 58 valence electrons. The van der Waals surface area contributed by atoms with Crippen LogP contribution in [0.15, 0.2) is 9.66 Å². The van der Waals surface area contributed by atoms with Crippen LogP contribution in [0.1, 0.15) is 13.8 Å². The van der Waals surface area contributed by atoms with Crippen molar-refractivity contribution in [3.05, 3.63) is 9.66 Å². The summed E-state index contributed by atoms with van der Waals surface area (Å²) in [5.41, 5.74) is -1.25. The summed E-state index contributed by atoms with van der Waals surface area (Å²) in [6.45, 7) is 2.87. The molecule has 0 aromatic carbocycles. The Morgan fingerprint density at radius 3 is 2.00 bits per heavy atom. The number of carboxylic acids is 1. The molecule has 0 saturated heterocycles. The molecule has 0 unspecified atom stereocenters. The highest BCUT2D eigenvalue weighted by molar-refractivity contribution is 14.1. The molecule has 0 bridgehead atoms. The van der Waals surface area contributed by atoms with Crippen LogP contribution in [-0.4, -0.2) is 21.8 Å². The van der Waals surface area contributed by atoms with Crippen LogP contribution in [0.5, 0.6) is 0 Å². The number of halogens is 1. The number of hydrogen-bond donors (Lipinski definition) is 2. The molecule has 0 radical (unpaired) electrons. The molecule has 0 aromatic heterocycles. The molecule has 0 aliphatic carbocycles. The minimum Gasteiger partial charge on any atom is -0.478 e. The monoisotopic (exact) mass is 256 g/mol.